The summed E-state index contributed by atoms with van der Waals surface area (Å²) in [6.07, 6.45) is -0.834. The van der Waals surface area contributed by atoms with Crippen molar-refractivity contribution in [1.82, 2.24) is 5.32 Å². The Kier molecular flexibility index (Phi) is 5.99. The van der Waals surface area contributed by atoms with E-state index in [0.29, 0.717) is 12.0 Å². The van der Waals surface area contributed by atoms with E-state index in [0.717, 1.165) is 4.90 Å². The van der Waals surface area contributed by atoms with Gasteiger partial charge < -0.3 is 21.3 Å². The first-order valence-electron chi connectivity index (χ1n) is 8.59. The topological polar surface area (TPSA) is 133 Å². The number of aliphatic hydroxyl groups is 1. The summed E-state index contributed by atoms with van der Waals surface area (Å²) in [4.78, 5) is 37.2. The minimum Gasteiger partial charge on any atom is -0.464 e. The van der Waals surface area contributed by atoms with Crippen molar-refractivity contribution in [2.45, 2.75) is 38.1 Å². The molecule has 3 amide bonds. The van der Waals surface area contributed by atoms with Gasteiger partial charge in [-0.2, -0.15) is 0 Å². The molecule has 8 nitrogen and oxygen atoms in total. The molecule has 1 aliphatic rings. The second kappa shape index (κ2) is 7.84. The van der Waals surface area contributed by atoms with Crippen LogP contribution in [0.1, 0.15) is 38.2 Å². The predicted octanol–water partition coefficient (Wildman–Crippen LogP) is 1.04. The molecule has 142 valence electrons. The molecule has 0 saturated carbocycles. The van der Waals surface area contributed by atoms with Gasteiger partial charge in [0.2, 0.25) is 11.8 Å². The number of nitrogens with zero attached hydrogens (tertiary/aromatic N) is 1. The van der Waals surface area contributed by atoms with E-state index in [1.807, 2.05) is 0 Å². The van der Waals surface area contributed by atoms with Crippen molar-refractivity contribution in [2.75, 3.05) is 18.1 Å². The fraction of sp³-hybridized carbons (Fsp3) is 0.500. The van der Waals surface area contributed by atoms with E-state index in [1.165, 1.54) is 6.07 Å². The minimum atomic E-state index is -1.39. The third kappa shape index (κ3) is 3.42. The number of carbonyl (C=O) groups excluding carboxylic acids is 2. The van der Waals surface area contributed by atoms with E-state index in [1.54, 1.807) is 32.0 Å². The van der Waals surface area contributed by atoms with E-state index in [9.17, 15) is 24.6 Å². The lowest BCUT2D eigenvalue weighted by atomic mass is 9.80. The maximum Gasteiger partial charge on any atom is 0.418 e. The van der Waals surface area contributed by atoms with Gasteiger partial charge in [0.25, 0.3) is 0 Å². The van der Waals surface area contributed by atoms with Gasteiger partial charge in [0.15, 0.2) is 0 Å². The Morgan fingerprint density at radius 1 is 1.42 bits per heavy atom. The summed E-state index contributed by atoms with van der Waals surface area (Å²) < 4.78 is 0. The number of nitrogens with one attached hydrogen (secondary N) is 1. The lowest BCUT2D eigenvalue weighted by Gasteiger charge is -2.34. The van der Waals surface area contributed by atoms with Crippen LogP contribution in [0.25, 0.3) is 0 Å². The van der Waals surface area contributed by atoms with Gasteiger partial charge in [-0.25, -0.2) is 9.69 Å². The molecule has 3 unspecified atom stereocenters. The number of aliphatic hydroxyl groups excluding tert-OH is 1. The number of anilines is 1. The fourth-order valence-electron chi connectivity index (χ4n) is 3.31. The fourth-order valence-corrected chi connectivity index (χ4v) is 3.31. The Balaban J connectivity index is 2.58. The zero-order valence-corrected chi connectivity index (χ0v) is 14.9. The monoisotopic (exact) mass is 363 g/mol. The molecule has 0 radical (unpaired) electrons. The van der Waals surface area contributed by atoms with Gasteiger partial charge in [-0.1, -0.05) is 32.0 Å². The van der Waals surface area contributed by atoms with Gasteiger partial charge in [0, 0.05) is 24.8 Å². The number of carboxylic acid groups (broad SMARTS) is 1. The van der Waals surface area contributed by atoms with Crippen LogP contribution in [-0.4, -0.2) is 46.8 Å². The number of benzene rings is 1. The second-order valence-electron chi connectivity index (χ2n) is 6.65. The number of nitrogens with two attached hydrogens (primary N) is 1. The molecule has 0 aromatic heterocycles. The highest BCUT2D eigenvalue weighted by Crippen LogP contribution is 2.40. The van der Waals surface area contributed by atoms with Crippen molar-refractivity contribution < 1.29 is 24.6 Å². The maximum atomic E-state index is 12.6. The highest BCUT2D eigenvalue weighted by Gasteiger charge is 2.47. The van der Waals surface area contributed by atoms with Crippen LogP contribution in [0.3, 0.4) is 0 Å². The lowest BCUT2D eigenvalue weighted by Crippen LogP contribution is -2.54. The first-order chi connectivity index (χ1) is 12.3. The van der Waals surface area contributed by atoms with Crippen molar-refractivity contribution in [2.24, 2.45) is 11.7 Å². The summed E-state index contributed by atoms with van der Waals surface area (Å²) in [5.74, 6) is -1.83. The van der Waals surface area contributed by atoms with Crippen molar-refractivity contribution in [3.05, 3.63) is 29.8 Å². The molecule has 0 aliphatic carbocycles. The number of carbonyl (C=O) groups is 3. The molecule has 5 N–H and O–H groups in total. The molecule has 26 heavy (non-hydrogen) atoms. The number of imide groups is 1. The molecule has 3 atom stereocenters. The van der Waals surface area contributed by atoms with Crippen molar-refractivity contribution in [3.8, 4) is 0 Å². The Hall–Kier alpha value is -2.45. The molecule has 1 aromatic rings. The molecule has 0 spiro atoms. The molecule has 1 heterocycles. The van der Waals surface area contributed by atoms with Crippen LogP contribution in [0.5, 0.6) is 0 Å². The summed E-state index contributed by atoms with van der Waals surface area (Å²) in [7, 11) is 0. The molecule has 1 saturated heterocycles. The van der Waals surface area contributed by atoms with E-state index in [2.05, 4.69) is 5.32 Å². The van der Waals surface area contributed by atoms with Crippen LogP contribution in [0.2, 0.25) is 0 Å². The Morgan fingerprint density at radius 3 is 2.62 bits per heavy atom. The molecular formula is C18H25N3O5. The number of hydrogen-bond acceptors (Lipinski definition) is 5. The van der Waals surface area contributed by atoms with Crippen LogP contribution in [-0.2, 0) is 9.59 Å². The average molecular weight is 363 g/mol. The number of hydrogen-bond donors (Lipinski definition) is 4. The zero-order valence-electron chi connectivity index (χ0n) is 14.9. The second-order valence-corrected chi connectivity index (χ2v) is 6.65. The van der Waals surface area contributed by atoms with Gasteiger partial charge >= 0.3 is 6.09 Å². The maximum absolute atomic E-state index is 12.6. The molecule has 1 aromatic carbocycles. The van der Waals surface area contributed by atoms with E-state index in [4.69, 9.17) is 5.73 Å². The first kappa shape index (κ1) is 19.9. The third-order valence-corrected chi connectivity index (χ3v) is 5.09. The minimum absolute atomic E-state index is 0.0133. The smallest absolute Gasteiger partial charge is 0.418 e. The standard InChI is InChI=1S/C18H25N3O5/c1-3-11(2)16(24)21(17(25)26)14-7-5-4-6-12(14)13-8-15(23)20-18(13,9-19)10-22/h4-7,11,13,22H,3,8-10,19H2,1-2H3,(H,20,23)(H,25,26). The lowest BCUT2D eigenvalue weighted by molar-refractivity contribution is -0.121. The molecule has 1 fully saturated rings. The summed E-state index contributed by atoms with van der Waals surface area (Å²) in [5, 5.41) is 22.2. The van der Waals surface area contributed by atoms with Crippen molar-refractivity contribution >= 4 is 23.6 Å². The molecule has 2 rings (SSSR count). The number of para-hydroxylation sites is 1. The van der Waals surface area contributed by atoms with Crippen LogP contribution in [0.4, 0.5) is 10.5 Å². The van der Waals surface area contributed by atoms with Crippen LogP contribution < -0.4 is 16.0 Å². The normalized spacial score (nSPS) is 23.4. The summed E-state index contributed by atoms with van der Waals surface area (Å²) >= 11 is 0. The Morgan fingerprint density at radius 2 is 2.08 bits per heavy atom. The molecule has 8 heteroatoms. The van der Waals surface area contributed by atoms with Crippen LogP contribution >= 0.6 is 0 Å². The largest absolute Gasteiger partial charge is 0.464 e. The van der Waals surface area contributed by atoms with Gasteiger partial charge in [-0.05, 0) is 18.1 Å². The molecular weight excluding hydrogens is 338 g/mol. The molecule has 1 aliphatic heterocycles. The van der Waals surface area contributed by atoms with E-state index < -0.39 is 29.4 Å². The number of rotatable bonds is 6. The summed E-state index contributed by atoms with van der Waals surface area (Å²) in [6.45, 7) is 3.07. The van der Waals surface area contributed by atoms with Crippen molar-refractivity contribution in [1.29, 1.82) is 0 Å². The van der Waals surface area contributed by atoms with Gasteiger partial charge in [-0.15, -0.1) is 0 Å². The summed E-state index contributed by atoms with van der Waals surface area (Å²) in [6, 6.07) is 6.53. The highest BCUT2D eigenvalue weighted by atomic mass is 16.4. The Bertz CT molecular complexity index is 702. The quantitative estimate of drug-likeness (QED) is 0.597. The van der Waals surface area contributed by atoms with Crippen LogP contribution in [0.15, 0.2) is 24.3 Å². The van der Waals surface area contributed by atoms with Gasteiger partial charge in [0.1, 0.15) is 0 Å². The predicted molar refractivity (Wildman–Crippen MR) is 95.8 cm³/mol. The van der Waals surface area contributed by atoms with Gasteiger partial charge in [-0.3, -0.25) is 9.59 Å². The highest BCUT2D eigenvalue weighted by molar-refractivity contribution is 6.13. The third-order valence-electron chi connectivity index (χ3n) is 5.09. The molecule has 0 bridgehead atoms. The first-order valence-corrected chi connectivity index (χ1v) is 8.59. The SMILES string of the molecule is CCC(C)C(=O)N(C(=O)O)c1ccccc1C1CC(=O)NC1(CN)CO. The van der Waals surface area contributed by atoms with Crippen molar-refractivity contribution in [3.63, 3.8) is 0 Å². The van der Waals surface area contributed by atoms with Gasteiger partial charge in [0.05, 0.1) is 17.8 Å². The Labute approximate surface area is 152 Å². The van der Waals surface area contributed by atoms with Crippen LogP contribution in [0, 0.1) is 5.92 Å². The number of amides is 3. The zero-order chi connectivity index (χ0) is 19.5. The average Bonchev–Trinajstić information content (AvgIpc) is 2.98. The summed E-state index contributed by atoms with van der Waals surface area (Å²) in [5.41, 5.74) is 5.41. The van der Waals surface area contributed by atoms with E-state index in [-0.39, 0.29) is 31.2 Å². The van der Waals surface area contributed by atoms with E-state index >= 15 is 0 Å².